The molecule has 0 saturated heterocycles. The standard InChI is InChI=1S/C18H15N5/c1-23(16-8-3-2-4-9-16)17-10-11-20-18(22-17)21-15-7-5-6-14(12-15)13-19/h2-12H,1H3,(H,20,21,22). The lowest BCUT2D eigenvalue weighted by molar-refractivity contribution is 1.08. The Kier molecular flexibility index (Phi) is 4.16. The van der Waals surface area contributed by atoms with Crippen LogP contribution in [0.3, 0.4) is 0 Å². The van der Waals surface area contributed by atoms with Crippen molar-refractivity contribution in [3.63, 3.8) is 0 Å². The Labute approximate surface area is 134 Å². The number of nitrogens with one attached hydrogen (secondary N) is 1. The van der Waals surface area contributed by atoms with Crippen LogP contribution in [0.1, 0.15) is 5.56 Å². The number of nitrogens with zero attached hydrogens (tertiary/aromatic N) is 4. The number of rotatable bonds is 4. The second-order valence-corrected chi connectivity index (χ2v) is 4.95. The van der Waals surface area contributed by atoms with E-state index in [-0.39, 0.29) is 0 Å². The number of hydrogen-bond acceptors (Lipinski definition) is 5. The lowest BCUT2D eigenvalue weighted by Crippen LogP contribution is -2.12. The van der Waals surface area contributed by atoms with Gasteiger partial charge < -0.3 is 10.2 Å². The molecule has 0 fully saturated rings. The van der Waals surface area contributed by atoms with E-state index in [4.69, 9.17) is 5.26 Å². The summed E-state index contributed by atoms with van der Waals surface area (Å²) in [5.41, 5.74) is 2.42. The minimum atomic E-state index is 0.486. The molecule has 5 heteroatoms. The second kappa shape index (κ2) is 6.58. The van der Waals surface area contributed by atoms with Gasteiger partial charge >= 0.3 is 0 Å². The summed E-state index contributed by atoms with van der Waals surface area (Å²) in [6.45, 7) is 0. The van der Waals surface area contributed by atoms with Crippen molar-refractivity contribution in [2.45, 2.75) is 0 Å². The predicted molar refractivity (Wildman–Crippen MR) is 91.0 cm³/mol. The maximum absolute atomic E-state index is 8.96. The molecule has 0 spiro atoms. The third-order valence-electron chi connectivity index (χ3n) is 3.38. The third kappa shape index (κ3) is 3.44. The number of hydrogen-bond donors (Lipinski definition) is 1. The molecule has 1 aromatic heterocycles. The molecule has 3 aromatic rings. The molecule has 5 nitrogen and oxygen atoms in total. The number of nitriles is 1. The summed E-state index contributed by atoms with van der Waals surface area (Å²) in [7, 11) is 1.96. The molecule has 0 aliphatic carbocycles. The van der Waals surface area contributed by atoms with Crippen molar-refractivity contribution in [1.29, 1.82) is 5.26 Å². The molecule has 0 aliphatic rings. The zero-order valence-corrected chi connectivity index (χ0v) is 12.6. The molecule has 0 unspecified atom stereocenters. The Bertz CT molecular complexity index is 839. The molecular formula is C18H15N5. The van der Waals surface area contributed by atoms with Gasteiger partial charge in [0.1, 0.15) is 5.82 Å². The summed E-state index contributed by atoms with van der Waals surface area (Å²) in [5, 5.41) is 12.1. The first kappa shape index (κ1) is 14.5. The Balaban J connectivity index is 1.84. The lowest BCUT2D eigenvalue weighted by Gasteiger charge is -2.18. The van der Waals surface area contributed by atoms with Crippen molar-refractivity contribution in [2.75, 3.05) is 17.3 Å². The van der Waals surface area contributed by atoms with Crippen molar-refractivity contribution in [3.05, 3.63) is 72.4 Å². The Hall–Kier alpha value is -3.39. The van der Waals surface area contributed by atoms with E-state index in [0.29, 0.717) is 11.5 Å². The van der Waals surface area contributed by atoms with Crippen molar-refractivity contribution < 1.29 is 0 Å². The van der Waals surface area contributed by atoms with Crippen LogP contribution in [0.15, 0.2) is 66.9 Å². The highest BCUT2D eigenvalue weighted by molar-refractivity contribution is 5.62. The van der Waals surface area contributed by atoms with Gasteiger partial charge in [0, 0.05) is 24.6 Å². The van der Waals surface area contributed by atoms with Gasteiger partial charge in [-0.25, -0.2) is 4.98 Å². The first-order valence-corrected chi connectivity index (χ1v) is 7.15. The van der Waals surface area contributed by atoms with Gasteiger partial charge in [-0.15, -0.1) is 0 Å². The van der Waals surface area contributed by atoms with Crippen LogP contribution in [0.4, 0.5) is 23.1 Å². The normalized spacial score (nSPS) is 9.91. The Morgan fingerprint density at radius 2 is 1.87 bits per heavy atom. The summed E-state index contributed by atoms with van der Waals surface area (Å²) >= 11 is 0. The average Bonchev–Trinajstić information content (AvgIpc) is 2.62. The van der Waals surface area contributed by atoms with Crippen LogP contribution in [0, 0.1) is 11.3 Å². The summed E-state index contributed by atoms with van der Waals surface area (Å²) in [4.78, 5) is 10.7. The molecule has 0 saturated carbocycles. The molecule has 0 aliphatic heterocycles. The van der Waals surface area contributed by atoms with Crippen molar-refractivity contribution >= 4 is 23.1 Å². The third-order valence-corrected chi connectivity index (χ3v) is 3.38. The molecule has 1 N–H and O–H groups in total. The fourth-order valence-corrected chi connectivity index (χ4v) is 2.18. The van der Waals surface area contributed by atoms with Crippen molar-refractivity contribution in [2.24, 2.45) is 0 Å². The van der Waals surface area contributed by atoms with Gasteiger partial charge in [0.15, 0.2) is 0 Å². The van der Waals surface area contributed by atoms with E-state index < -0.39 is 0 Å². The monoisotopic (exact) mass is 301 g/mol. The number of benzene rings is 2. The molecule has 112 valence electrons. The van der Waals surface area contributed by atoms with Gasteiger partial charge in [0.2, 0.25) is 5.95 Å². The largest absolute Gasteiger partial charge is 0.329 e. The molecule has 2 aromatic carbocycles. The number of aromatic nitrogens is 2. The van der Waals surface area contributed by atoms with E-state index in [1.54, 1.807) is 18.3 Å². The molecule has 0 radical (unpaired) electrons. The van der Waals surface area contributed by atoms with Crippen LogP contribution >= 0.6 is 0 Å². The van der Waals surface area contributed by atoms with Crippen molar-refractivity contribution in [3.8, 4) is 6.07 Å². The topological polar surface area (TPSA) is 64.8 Å². The van der Waals surface area contributed by atoms with Gasteiger partial charge in [-0.1, -0.05) is 24.3 Å². The van der Waals surface area contributed by atoms with Crippen LogP contribution in [0.25, 0.3) is 0 Å². The van der Waals surface area contributed by atoms with Crippen LogP contribution in [-0.4, -0.2) is 17.0 Å². The van der Waals surface area contributed by atoms with Gasteiger partial charge in [-0.3, -0.25) is 0 Å². The van der Waals surface area contributed by atoms with Crippen molar-refractivity contribution in [1.82, 2.24) is 9.97 Å². The first-order chi connectivity index (χ1) is 11.3. The maximum atomic E-state index is 8.96. The Morgan fingerprint density at radius 3 is 2.65 bits per heavy atom. The van der Waals surface area contributed by atoms with Crippen LogP contribution in [-0.2, 0) is 0 Å². The molecular weight excluding hydrogens is 286 g/mol. The highest BCUT2D eigenvalue weighted by Gasteiger charge is 2.07. The van der Waals surface area contributed by atoms with Crippen LogP contribution in [0.5, 0.6) is 0 Å². The summed E-state index contributed by atoms with van der Waals surface area (Å²) in [5.74, 6) is 1.27. The maximum Gasteiger partial charge on any atom is 0.229 e. The number of para-hydroxylation sites is 1. The molecule has 1 heterocycles. The summed E-state index contributed by atoms with van der Waals surface area (Å²) < 4.78 is 0. The zero-order valence-electron chi connectivity index (χ0n) is 12.6. The van der Waals surface area contributed by atoms with Gasteiger partial charge in [-0.05, 0) is 36.4 Å². The molecule has 3 rings (SSSR count). The lowest BCUT2D eigenvalue weighted by atomic mass is 10.2. The van der Waals surface area contributed by atoms with E-state index in [2.05, 4.69) is 21.4 Å². The Morgan fingerprint density at radius 1 is 1.04 bits per heavy atom. The molecule has 0 atom stereocenters. The summed E-state index contributed by atoms with van der Waals surface area (Å²) in [6.07, 6.45) is 1.71. The quantitative estimate of drug-likeness (QED) is 0.792. The predicted octanol–water partition coefficient (Wildman–Crippen LogP) is 3.86. The second-order valence-electron chi connectivity index (χ2n) is 4.95. The van der Waals surface area contributed by atoms with Gasteiger partial charge in [0.25, 0.3) is 0 Å². The first-order valence-electron chi connectivity index (χ1n) is 7.15. The van der Waals surface area contributed by atoms with E-state index in [1.165, 1.54) is 0 Å². The van der Waals surface area contributed by atoms with Crippen LogP contribution < -0.4 is 10.2 Å². The average molecular weight is 301 g/mol. The molecule has 0 bridgehead atoms. The SMILES string of the molecule is CN(c1ccccc1)c1ccnc(Nc2cccc(C#N)c2)n1. The highest BCUT2D eigenvalue weighted by Crippen LogP contribution is 2.22. The van der Waals surface area contributed by atoms with Gasteiger partial charge in [0.05, 0.1) is 11.6 Å². The van der Waals surface area contributed by atoms with E-state index >= 15 is 0 Å². The van der Waals surface area contributed by atoms with Gasteiger partial charge in [-0.2, -0.15) is 10.2 Å². The van der Waals surface area contributed by atoms with Crippen LogP contribution in [0.2, 0.25) is 0 Å². The number of anilines is 4. The highest BCUT2D eigenvalue weighted by atomic mass is 15.2. The minimum Gasteiger partial charge on any atom is -0.329 e. The van der Waals surface area contributed by atoms with E-state index in [0.717, 1.165) is 17.2 Å². The fraction of sp³-hybridized carbons (Fsp3) is 0.0556. The molecule has 23 heavy (non-hydrogen) atoms. The fourth-order valence-electron chi connectivity index (χ4n) is 2.18. The van der Waals surface area contributed by atoms with E-state index in [1.807, 2.05) is 60.5 Å². The summed E-state index contributed by atoms with van der Waals surface area (Å²) in [6, 6.07) is 21.2. The zero-order chi connectivity index (χ0) is 16.1. The van der Waals surface area contributed by atoms with E-state index in [9.17, 15) is 0 Å². The molecule has 0 amide bonds. The smallest absolute Gasteiger partial charge is 0.229 e. The minimum absolute atomic E-state index is 0.486.